The molecule has 2 N–H and O–H groups in total. The van der Waals surface area contributed by atoms with Crippen LogP contribution in [0.1, 0.15) is 56.8 Å². The van der Waals surface area contributed by atoms with Gasteiger partial charge in [-0.2, -0.15) is 0 Å². The molecule has 0 aromatic carbocycles. The third kappa shape index (κ3) is 4.30. The average Bonchev–Trinajstić information content (AvgIpc) is 3.28. The Morgan fingerprint density at radius 2 is 1.95 bits per heavy atom. The lowest BCUT2D eigenvalue weighted by Gasteiger charge is -2.21. The van der Waals surface area contributed by atoms with Gasteiger partial charge in [0.25, 0.3) is 0 Å². The molecule has 1 aliphatic rings. The van der Waals surface area contributed by atoms with Gasteiger partial charge in [-0.3, -0.25) is 0 Å². The van der Waals surface area contributed by atoms with Crippen LogP contribution in [0.2, 0.25) is 0 Å². The van der Waals surface area contributed by atoms with E-state index in [0.717, 1.165) is 42.4 Å². The van der Waals surface area contributed by atoms with Crippen molar-refractivity contribution in [3.63, 3.8) is 0 Å². The first-order valence-electron chi connectivity index (χ1n) is 8.07. The Morgan fingerprint density at radius 3 is 2.52 bits per heavy atom. The van der Waals surface area contributed by atoms with E-state index >= 15 is 0 Å². The first kappa shape index (κ1) is 16.0. The standard InChI is InChI=1S/C16H28N4O/c1-5-7-13(10-21-4)18-15-11(3)14(17-6-2)19-16(20-15)12-8-9-12/h12-13H,5-10H2,1-4H3,(H2,17,18,19,20). The Kier molecular flexibility index (Phi) is 5.79. The maximum atomic E-state index is 5.31. The van der Waals surface area contributed by atoms with E-state index in [9.17, 15) is 0 Å². The molecule has 5 heteroatoms. The van der Waals surface area contributed by atoms with Gasteiger partial charge >= 0.3 is 0 Å². The molecule has 1 aromatic heterocycles. The number of aromatic nitrogens is 2. The number of nitrogens with one attached hydrogen (secondary N) is 2. The highest BCUT2D eigenvalue weighted by molar-refractivity contribution is 5.58. The Labute approximate surface area is 127 Å². The molecule has 0 saturated heterocycles. The SMILES string of the molecule is CCCC(COC)Nc1nc(C2CC2)nc(NCC)c1C. The minimum atomic E-state index is 0.301. The Bertz CT molecular complexity index is 454. The highest BCUT2D eigenvalue weighted by Gasteiger charge is 2.28. The molecule has 0 radical (unpaired) electrons. The molecule has 1 heterocycles. The zero-order valence-corrected chi connectivity index (χ0v) is 13.7. The van der Waals surface area contributed by atoms with Crippen molar-refractivity contribution in [1.82, 2.24) is 9.97 Å². The van der Waals surface area contributed by atoms with Crippen LogP contribution in [0.25, 0.3) is 0 Å². The minimum Gasteiger partial charge on any atom is -0.383 e. The van der Waals surface area contributed by atoms with Crippen molar-refractivity contribution in [3.8, 4) is 0 Å². The van der Waals surface area contributed by atoms with Gasteiger partial charge in [0.15, 0.2) is 0 Å². The van der Waals surface area contributed by atoms with Crippen molar-refractivity contribution in [3.05, 3.63) is 11.4 Å². The lowest BCUT2D eigenvalue weighted by atomic mass is 10.1. The molecule has 0 spiro atoms. The van der Waals surface area contributed by atoms with Crippen molar-refractivity contribution in [2.24, 2.45) is 0 Å². The third-order valence-electron chi connectivity index (χ3n) is 3.80. The molecular formula is C16H28N4O. The Balaban J connectivity index is 2.22. The number of nitrogens with zero attached hydrogens (tertiary/aromatic N) is 2. The molecule has 1 unspecified atom stereocenters. The molecule has 5 nitrogen and oxygen atoms in total. The van der Waals surface area contributed by atoms with Crippen LogP contribution in [0.4, 0.5) is 11.6 Å². The summed E-state index contributed by atoms with van der Waals surface area (Å²) < 4.78 is 5.31. The first-order chi connectivity index (χ1) is 10.2. The molecular weight excluding hydrogens is 264 g/mol. The zero-order valence-electron chi connectivity index (χ0n) is 13.7. The first-order valence-corrected chi connectivity index (χ1v) is 8.07. The normalized spacial score (nSPS) is 15.8. The maximum absolute atomic E-state index is 5.31. The maximum Gasteiger partial charge on any atom is 0.136 e. The summed E-state index contributed by atoms with van der Waals surface area (Å²) in [6.45, 7) is 7.93. The number of hydrogen-bond donors (Lipinski definition) is 2. The molecule has 1 fully saturated rings. The summed E-state index contributed by atoms with van der Waals surface area (Å²) in [7, 11) is 1.75. The van der Waals surface area contributed by atoms with Crippen LogP contribution >= 0.6 is 0 Å². The molecule has 1 saturated carbocycles. The van der Waals surface area contributed by atoms with Crippen molar-refractivity contribution >= 4 is 11.6 Å². The zero-order chi connectivity index (χ0) is 15.2. The van der Waals surface area contributed by atoms with Gasteiger partial charge in [0.2, 0.25) is 0 Å². The van der Waals surface area contributed by atoms with Gasteiger partial charge in [-0.05, 0) is 33.1 Å². The number of methoxy groups -OCH3 is 1. The Morgan fingerprint density at radius 1 is 1.24 bits per heavy atom. The van der Waals surface area contributed by atoms with Crippen LogP contribution in [0, 0.1) is 6.92 Å². The van der Waals surface area contributed by atoms with E-state index in [2.05, 4.69) is 31.4 Å². The molecule has 0 aliphatic heterocycles. The summed E-state index contributed by atoms with van der Waals surface area (Å²) in [5.74, 6) is 3.45. The van der Waals surface area contributed by atoms with E-state index in [0.29, 0.717) is 18.6 Å². The van der Waals surface area contributed by atoms with E-state index in [1.807, 2.05) is 0 Å². The largest absolute Gasteiger partial charge is 0.383 e. The molecule has 1 atom stereocenters. The molecule has 21 heavy (non-hydrogen) atoms. The number of anilines is 2. The fraction of sp³-hybridized carbons (Fsp3) is 0.750. The van der Waals surface area contributed by atoms with Crippen molar-refractivity contribution < 1.29 is 4.74 Å². The summed E-state index contributed by atoms with van der Waals surface area (Å²) >= 11 is 0. The van der Waals surface area contributed by atoms with Gasteiger partial charge < -0.3 is 15.4 Å². The predicted molar refractivity (Wildman–Crippen MR) is 87.1 cm³/mol. The van der Waals surface area contributed by atoms with Crippen molar-refractivity contribution in [1.29, 1.82) is 0 Å². The molecule has 0 amide bonds. The van der Waals surface area contributed by atoms with Gasteiger partial charge in [0.05, 0.1) is 12.6 Å². The van der Waals surface area contributed by atoms with Crippen LogP contribution < -0.4 is 10.6 Å². The second-order valence-electron chi connectivity index (χ2n) is 5.79. The van der Waals surface area contributed by atoms with Gasteiger partial charge in [-0.1, -0.05) is 13.3 Å². The summed E-state index contributed by atoms with van der Waals surface area (Å²) in [6, 6.07) is 0.301. The lowest BCUT2D eigenvalue weighted by Crippen LogP contribution is -2.26. The van der Waals surface area contributed by atoms with Crippen molar-refractivity contribution in [2.75, 3.05) is 30.9 Å². The summed E-state index contributed by atoms with van der Waals surface area (Å²) in [5.41, 5.74) is 1.10. The summed E-state index contributed by atoms with van der Waals surface area (Å²) in [4.78, 5) is 9.45. The van der Waals surface area contributed by atoms with Crippen LogP contribution in [0.15, 0.2) is 0 Å². The van der Waals surface area contributed by atoms with E-state index in [1.165, 1.54) is 12.8 Å². The topological polar surface area (TPSA) is 59.1 Å². The summed E-state index contributed by atoms with van der Waals surface area (Å²) in [6.07, 6.45) is 4.63. The lowest BCUT2D eigenvalue weighted by molar-refractivity contribution is 0.182. The molecule has 1 aromatic rings. The fourth-order valence-electron chi connectivity index (χ4n) is 2.48. The quantitative estimate of drug-likeness (QED) is 0.731. The Hall–Kier alpha value is -1.36. The fourth-order valence-corrected chi connectivity index (χ4v) is 2.48. The van der Waals surface area contributed by atoms with E-state index in [1.54, 1.807) is 7.11 Å². The van der Waals surface area contributed by atoms with Crippen LogP contribution in [0.5, 0.6) is 0 Å². The number of ether oxygens (including phenoxy) is 1. The number of rotatable bonds is 9. The monoisotopic (exact) mass is 292 g/mol. The predicted octanol–water partition coefficient (Wildman–Crippen LogP) is 3.32. The molecule has 1 aliphatic carbocycles. The van der Waals surface area contributed by atoms with Gasteiger partial charge in [-0.25, -0.2) is 9.97 Å². The van der Waals surface area contributed by atoms with E-state index < -0.39 is 0 Å². The second-order valence-corrected chi connectivity index (χ2v) is 5.79. The average molecular weight is 292 g/mol. The number of hydrogen-bond acceptors (Lipinski definition) is 5. The van der Waals surface area contributed by atoms with Gasteiger partial charge in [0, 0.05) is 25.1 Å². The van der Waals surface area contributed by atoms with Gasteiger partial charge in [0.1, 0.15) is 17.5 Å². The second kappa shape index (κ2) is 7.59. The highest BCUT2D eigenvalue weighted by atomic mass is 16.5. The van der Waals surface area contributed by atoms with E-state index in [-0.39, 0.29) is 0 Å². The van der Waals surface area contributed by atoms with Crippen LogP contribution in [-0.4, -0.2) is 36.3 Å². The highest BCUT2D eigenvalue weighted by Crippen LogP contribution is 2.39. The minimum absolute atomic E-state index is 0.301. The smallest absolute Gasteiger partial charge is 0.136 e. The summed E-state index contributed by atoms with van der Waals surface area (Å²) in [5, 5.41) is 6.91. The molecule has 2 rings (SSSR count). The van der Waals surface area contributed by atoms with Crippen LogP contribution in [0.3, 0.4) is 0 Å². The van der Waals surface area contributed by atoms with E-state index in [4.69, 9.17) is 14.7 Å². The van der Waals surface area contributed by atoms with Crippen LogP contribution in [-0.2, 0) is 4.74 Å². The third-order valence-corrected chi connectivity index (χ3v) is 3.80. The van der Waals surface area contributed by atoms with Gasteiger partial charge in [-0.15, -0.1) is 0 Å². The molecule has 118 valence electrons. The molecule has 0 bridgehead atoms. The van der Waals surface area contributed by atoms with Crippen molar-refractivity contribution in [2.45, 2.75) is 58.4 Å².